The molecule has 2 aromatic rings. The average molecular weight is 302 g/mol. The number of carbonyl (C=O) groups excluding carboxylic acids is 1. The van der Waals surface area contributed by atoms with Crippen molar-refractivity contribution in [3.63, 3.8) is 0 Å². The average Bonchev–Trinajstić information content (AvgIpc) is 2.48. The molecule has 0 heterocycles. The quantitative estimate of drug-likeness (QED) is 0.395. The van der Waals surface area contributed by atoms with Crippen LogP contribution in [0.5, 0.6) is 0 Å². The Labute approximate surface area is 127 Å². The van der Waals surface area contributed by atoms with Crippen LogP contribution >= 0.6 is 11.8 Å². The summed E-state index contributed by atoms with van der Waals surface area (Å²) in [5, 5.41) is 0. The molecule has 2 rings (SSSR count). The first-order valence-corrected chi connectivity index (χ1v) is 7.57. The molecule has 2 aromatic carbocycles. The molecular formula is C16H15FN2OS. The second-order valence-corrected chi connectivity index (χ2v) is 5.23. The van der Waals surface area contributed by atoms with Gasteiger partial charge in [0.05, 0.1) is 12.1 Å². The minimum Gasteiger partial charge on any atom is -0.387 e. The van der Waals surface area contributed by atoms with E-state index in [1.807, 2.05) is 30.5 Å². The van der Waals surface area contributed by atoms with Gasteiger partial charge in [0.1, 0.15) is 11.7 Å². The molecule has 0 aromatic heterocycles. The number of amidine groups is 1. The van der Waals surface area contributed by atoms with Crippen molar-refractivity contribution in [2.24, 2.45) is 10.7 Å². The van der Waals surface area contributed by atoms with E-state index in [-0.39, 0.29) is 23.9 Å². The van der Waals surface area contributed by atoms with Crippen LogP contribution in [0.3, 0.4) is 0 Å². The zero-order chi connectivity index (χ0) is 15.2. The molecule has 0 fully saturated rings. The molecule has 0 bridgehead atoms. The van der Waals surface area contributed by atoms with E-state index in [0.717, 1.165) is 10.6 Å². The Kier molecular flexibility index (Phi) is 5.11. The Morgan fingerprint density at radius 3 is 2.52 bits per heavy atom. The summed E-state index contributed by atoms with van der Waals surface area (Å²) in [6.45, 7) is 0. The fourth-order valence-electron chi connectivity index (χ4n) is 1.82. The van der Waals surface area contributed by atoms with Crippen molar-refractivity contribution in [3.8, 4) is 0 Å². The van der Waals surface area contributed by atoms with Gasteiger partial charge in [0.25, 0.3) is 0 Å². The number of ketones is 1. The molecule has 0 saturated carbocycles. The van der Waals surface area contributed by atoms with Crippen LogP contribution in [0.1, 0.15) is 16.8 Å². The smallest absolute Gasteiger partial charge is 0.170 e. The number of rotatable bonds is 5. The van der Waals surface area contributed by atoms with Crippen LogP contribution in [0.4, 0.5) is 10.1 Å². The Bertz CT molecular complexity index is 668. The van der Waals surface area contributed by atoms with Crippen LogP contribution in [0.15, 0.2) is 58.4 Å². The first kappa shape index (κ1) is 15.3. The van der Waals surface area contributed by atoms with Gasteiger partial charge in [-0.2, -0.15) is 0 Å². The molecule has 0 atom stereocenters. The first-order valence-electron chi connectivity index (χ1n) is 6.35. The largest absolute Gasteiger partial charge is 0.387 e. The second-order valence-electron chi connectivity index (χ2n) is 4.38. The van der Waals surface area contributed by atoms with Crippen molar-refractivity contribution in [2.45, 2.75) is 11.3 Å². The van der Waals surface area contributed by atoms with Crippen LogP contribution in [0.2, 0.25) is 0 Å². The fraction of sp³-hybridized carbons (Fsp3) is 0.125. The van der Waals surface area contributed by atoms with Gasteiger partial charge in [-0.1, -0.05) is 12.1 Å². The van der Waals surface area contributed by atoms with Crippen LogP contribution < -0.4 is 5.73 Å². The van der Waals surface area contributed by atoms with E-state index in [4.69, 9.17) is 5.73 Å². The molecule has 0 aliphatic heterocycles. The minimum atomic E-state index is -0.373. The van der Waals surface area contributed by atoms with Crippen molar-refractivity contribution in [1.29, 1.82) is 0 Å². The molecule has 2 N–H and O–H groups in total. The lowest BCUT2D eigenvalue weighted by atomic mass is 10.1. The van der Waals surface area contributed by atoms with E-state index in [1.165, 1.54) is 24.3 Å². The fourth-order valence-corrected chi connectivity index (χ4v) is 2.36. The van der Waals surface area contributed by atoms with Gasteiger partial charge in [-0.05, 0) is 42.7 Å². The number of nitrogens with two attached hydrogens (primary N) is 1. The third-order valence-electron chi connectivity index (χ3n) is 2.86. The lowest BCUT2D eigenvalue weighted by Gasteiger charge is -2.04. The van der Waals surface area contributed by atoms with Gasteiger partial charge in [-0.15, -0.1) is 11.8 Å². The monoisotopic (exact) mass is 302 g/mol. The molecule has 21 heavy (non-hydrogen) atoms. The summed E-state index contributed by atoms with van der Waals surface area (Å²) in [5.74, 6) is -0.314. The molecule has 0 unspecified atom stereocenters. The summed E-state index contributed by atoms with van der Waals surface area (Å²) < 4.78 is 12.8. The number of aliphatic imine (C=N–C) groups is 1. The van der Waals surface area contributed by atoms with Gasteiger partial charge in [-0.25, -0.2) is 9.38 Å². The standard InChI is InChI=1S/C16H15FN2OS/c1-21-15-5-3-2-4-13(15)19-16(18)10-14(20)11-6-8-12(17)9-7-11/h2-9H,10H2,1H3,(H2,18,19). The molecule has 108 valence electrons. The number of Topliss-reactive ketones (excluding diaryl/α,β-unsaturated/α-hetero) is 1. The van der Waals surface area contributed by atoms with Crippen LogP contribution in [-0.4, -0.2) is 17.9 Å². The number of hydrogen-bond acceptors (Lipinski definition) is 3. The predicted molar refractivity (Wildman–Crippen MR) is 84.9 cm³/mol. The normalized spacial score (nSPS) is 11.4. The zero-order valence-corrected chi connectivity index (χ0v) is 12.4. The summed E-state index contributed by atoms with van der Waals surface area (Å²) in [4.78, 5) is 17.3. The molecule has 3 nitrogen and oxygen atoms in total. The van der Waals surface area contributed by atoms with Crippen molar-refractivity contribution >= 4 is 29.1 Å². The molecule has 0 spiro atoms. The van der Waals surface area contributed by atoms with E-state index < -0.39 is 0 Å². The Balaban J connectivity index is 2.13. The molecule has 0 radical (unpaired) electrons. The SMILES string of the molecule is CSc1ccccc1N=C(N)CC(=O)c1ccc(F)cc1. The summed E-state index contributed by atoms with van der Waals surface area (Å²) in [7, 11) is 0. The highest BCUT2D eigenvalue weighted by molar-refractivity contribution is 7.98. The molecule has 0 saturated heterocycles. The van der Waals surface area contributed by atoms with Crippen LogP contribution in [0.25, 0.3) is 0 Å². The number of carbonyl (C=O) groups is 1. The van der Waals surface area contributed by atoms with Crippen molar-refractivity contribution in [1.82, 2.24) is 0 Å². The number of para-hydroxylation sites is 1. The Morgan fingerprint density at radius 1 is 1.19 bits per heavy atom. The molecule has 0 amide bonds. The Morgan fingerprint density at radius 2 is 1.86 bits per heavy atom. The maximum absolute atomic E-state index is 12.8. The number of nitrogens with zero attached hydrogens (tertiary/aromatic N) is 1. The van der Waals surface area contributed by atoms with Crippen LogP contribution in [0, 0.1) is 5.82 Å². The van der Waals surface area contributed by atoms with Gasteiger partial charge >= 0.3 is 0 Å². The lowest BCUT2D eigenvalue weighted by Crippen LogP contribution is -2.16. The number of halogens is 1. The third-order valence-corrected chi connectivity index (χ3v) is 3.64. The van der Waals surface area contributed by atoms with Crippen LogP contribution in [-0.2, 0) is 0 Å². The summed E-state index contributed by atoms with van der Waals surface area (Å²) in [6, 6.07) is 13.0. The van der Waals surface area contributed by atoms with Crippen molar-refractivity contribution < 1.29 is 9.18 Å². The number of thioether (sulfide) groups is 1. The summed E-state index contributed by atoms with van der Waals surface area (Å²) in [6.07, 6.45) is 1.96. The van der Waals surface area contributed by atoms with E-state index in [9.17, 15) is 9.18 Å². The second kappa shape index (κ2) is 7.04. The van der Waals surface area contributed by atoms with Gasteiger partial charge in [0.2, 0.25) is 0 Å². The van der Waals surface area contributed by atoms with Gasteiger partial charge < -0.3 is 5.73 Å². The highest BCUT2D eigenvalue weighted by Gasteiger charge is 2.09. The van der Waals surface area contributed by atoms with E-state index in [0.29, 0.717) is 5.56 Å². The molecular weight excluding hydrogens is 287 g/mol. The summed E-state index contributed by atoms with van der Waals surface area (Å²) in [5.41, 5.74) is 7.01. The number of hydrogen-bond donors (Lipinski definition) is 1. The van der Waals surface area contributed by atoms with Crippen molar-refractivity contribution in [2.75, 3.05) is 6.26 Å². The highest BCUT2D eigenvalue weighted by atomic mass is 32.2. The van der Waals surface area contributed by atoms with E-state index in [1.54, 1.807) is 11.8 Å². The molecule has 5 heteroatoms. The maximum Gasteiger partial charge on any atom is 0.170 e. The van der Waals surface area contributed by atoms with Crippen molar-refractivity contribution in [3.05, 3.63) is 59.9 Å². The van der Waals surface area contributed by atoms with E-state index >= 15 is 0 Å². The third kappa shape index (κ3) is 4.16. The van der Waals surface area contributed by atoms with Gasteiger partial charge in [0, 0.05) is 10.5 Å². The molecule has 0 aliphatic rings. The van der Waals surface area contributed by atoms with Gasteiger partial charge in [-0.3, -0.25) is 4.79 Å². The topological polar surface area (TPSA) is 55.4 Å². The van der Waals surface area contributed by atoms with E-state index in [2.05, 4.69) is 4.99 Å². The Hall–Kier alpha value is -2.14. The first-order chi connectivity index (χ1) is 10.1. The zero-order valence-electron chi connectivity index (χ0n) is 11.5. The highest BCUT2D eigenvalue weighted by Crippen LogP contribution is 2.27. The molecule has 0 aliphatic carbocycles. The summed E-state index contributed by atoms with van der Waals surface area (Å²) >= 11 is 1.57. The number of benzene rings is 2. The predicted octanol–water partition coefficient (Wildman–Crippen LogP) is 3.81. The van der Waals surface area contributed by atoms with Gasteiger partial charge in [0.15, 0.2) is 5.78 Å². The minimum absolute atomic E-state index is 0.00828. The lowest BCUT2D eigenvalue weighted by molar-refractivity contribution is 0.100. The maximum atomic E-state index is 12.8.